The van der Waals surface area contributed by atoms with E-state index in [1.54, 1.807) is 0 Å². The van der Waals surface area contributed by atoms with Crippen molar-refractivity contribution in [1.29, 1.82) is 0 Å². The van der Waals surface area contributed by atoms with Crippen LogP contribution in [0.1, 0.15) is 30.7 Å². The van der Waals surface area contributed by atoms with Crippen LogP contribution in [-0.4, -0.2) is 36.5 Å². The van der Waals surface area contributed by atoms with Crippen molar-refractivity contribution in [2.24, 2.45) is 0 Å². The summed E-state index contributed by atoms with van der Waals surface area (Å²) in [5.41, 5.74) is 7.16. The fraction of sp³-hybridized carbons (Fsp3) is 0.727. The van der Waals surface area contributed by atoms with Crippen molar-refractivity contribution in [3.63, 3.8) is 0 Å². The molecule has 0 unspecified atom stereocenters. The predicted octanol–water partition coefficient (Wildman–Crippen LogP) is 1.97. The van der Waals surface area contributed by atoms with Crippen LogP contribution in [0.15, 0.2) is 0 Å². The Morgan fingerprint density at radius 1 is 1.50 bits per heavy atom. The summed E-state index contributed by atoms with van der Waals surface area (Å²) in [6.45, 7) is 2.11. The van der Waals surface area contributed by atoms with Gasteiger partial charge in [0.05, 0.1) is 0 Å². The minimum Gasteiger partial charge on any atom is -0.383 e. The number of rotatable bonds is 6. The van der Waals surface area contributed by atoms with E-state index in [0.29, 0.717) is 5.92 Å². The maximum Gasteiger partial charge on any atom is 0.142 e. The second kappa shape index (κ2) is 5.01. The van der Waals surface area contributed by atoms with Crippen molar-refractivity contribution >= 4 is 22.4 Å². The van der Waals surface area contributed by atoms with Gasteiger partial charge in [0.15, 0.2) is 0 Å². The van der Waals surface area contributed by atoms with E-state index in [4.69, 9.17) is 5.73 Å². The van der Waals surface area contributed by atoms with E-state index < -0.39 is 0 Å². The molecule has 16 heavy (non-hydrogen) atoms. The number of anilines is 2. The number of hydrogen-bond acceptors (Lipinski definition) is 5. The van der Waals surface area contributed by atoms with E-state index in [1.165, 1.54) is 34.9 Å². The minimum atomic E-state index is 0.676. The van der Waals surface area contributed by atoms with E-state index in [2.05, 4.69) is 28.7 Å². The van der Waals surface area contributed by atoms with Crippen LogP contribution < -0.4 is 11.1 Å². The summed E-state index contributed by atoms with van der Waals surface area (Å²) in [6.07, 6.45) is 3.69. The van der Waals surface area contributed by atoms with Gasteiger partial charge < -0.3 is 16.0 Å². The first-order valence-corrected chi connectivity index (χ1v) is 6.59. The Bertz CT molecular complexity index is 344. The second-order valence-electron chi connectivity index (χ2n) is 4.67. The molecule has 0 aliphatic heterocycles. The number of hydrogen-bond donors (Lipinski definition) is 2. The van der Waals surface area contributed by atoms with Crippen molar-refractivity contribution in [2.75, 3.05) is 38.2 Å². The van der Waals surface area contributed by atoms with Gasteiger partial charge in [0.25, 0.3) is 0 Å². The van der Waals surface area contributed by atoms with Gasteiger partial charge in [-0.1, -0.05) is 0 Å². The maximum atomic E-state index is 5.89. The summed E-state index contributed by atoms with van der Waals surface area (Å²) < 4.78 is 4.24. The largest absolute Gasteiger partial charge is 0.383 e. The van der Waals surface area contributed by atoms with Gasteiger partial charge in [0.1, 0.15) is 10.8 Å². The van der Waals surface area contributed by atoms with Crippen LogP contribution in [0.25, 0.3) is 0 Å². The SMILES string of the molecule is CN(C)CCCNc1snc(N)c1C1CC1. The predicted molar refractivity (Wildman–Crippen MR) is 70.2 cm³/mol. The number of aromatic nitrogens is 1. The average Bonchev–Trinajstić information content (AvgIpc) is 2.99. The molecule has 1 aliphatic rings. The van der Waals surface area contributed by atoms with Crippen molar-refractivity contribution < 1.29 is 0 Å². The summed E-state index contributed by atoms with van der Waals surface area (Å²) in [4.78, 5) is 2.20. The Labute approximate surface area is 101 Å². The number of nitrogens with zero attached hydrogens (tertiary/aromatic N) is 2. The van der Waals surface area contributed by atoms with E-state index in [9.17, 15) is 0 Å². The molecule has 1 aliphatic carbocycles. The zero-order chi connectivity index (χ0) is 11.5. The molecule has 90 valence electrons. The highest BCUT2D eigenvalue weighted by molar-refractivity contribution is 7.10. The molecule has 2 rings (SSSR count). The standard InChI is InChI=1S/C11H20N4S/c1-15(2)7-3-6-13-11-9(8-4-5-8)10(12)14-16-11/h8,13H,3-7H2,1-2H3,(H2,12,14). The molecule has 0 bridgehead atoms. The lowest BCUT2D eigenvalue weighted by molar-refractivity contribution is 0.405. The summed E-state index contributed by atoms with van der Waals surface area (Å²) in [5.74, 6) is 1.41. The quantitative estimate of drug-likeness (QED) is 0.746. The molecule has 1 aromatic heterocycles. The second-order valence-corrected chi connectivity index (χ2v) is 5.44. The Kier molecular flexibility index (Phi) is 3.66. The van der Waals surface area contributed by atoms with Crippen LogP contribution in [0.5, 0.6) is 0 Å². The summed E-state index contributed by atoms with van der Waals surface area (Å²) >= 11 is 1.50. The first-order chi connectivity index (χ1) is 7.68. The molecule has 1 fully saturated rings. The molecule has 4 nitrogen and oxygen atoms in total. The van der Waals surface area contributed by atoms with E-state index in [0.717, 1.165) is 25.3 Å². The van der Waals surface area contributed by atoms with Crippen LogP contribution in [0.4, 0.5) is 10.8 Å². The van der Waals surface area contributed by atoms with Gasteiger partial charge in [-0.3, -0.25) is 0 Å². The zero-order valence-electron chi connectivity index (χ0n) is 9.99. The summed E-state index contributed by atoms with van der Waals surface area (Å²) in [7, 11) is 4.20. The fourth-order valence-corrected chi connectivity index (χ4v) is 2.62. The first kappa shape index (κ1) is 11.7. The lowest BCUT2D eigenvalue weighted by atomic mass is 10.2. The summed E-state index contributed by atoms with van der Waals surface area (Å²) in [6, 6.07) is 0. The molecule has 1 aromatic rings. The van der Waals surface area contributed by atoms with Crippen LogP contribution in [0.2, 0.25) is 0 Å². The van der Waals surface area contributed by atoms with Crippen LogP contribution in [0, 0.1) is 0 Å². The number of nitrogen functional groups attached to an aromatic ring is 1. The van der Waals surface area contributed by atoms with Gasteiger partial charge >= 0.3 is 0 Å². The molecule has 0 atom stereocenters. The molecule has 1 saturated carbocycles. The monoisotopic (exact) mass is 240 g/mol. The highest BCUT2D eigenvalue weighted by Gasteiger charge is 2.30. The molecule has 0 spiro atoms. The molecule has 3 N–H and O–H groups in total. The van der Waals surface area contributed by atoms with Crippen molar-refractivity contribution in [3.05, 3.63) is 5.56 Å². The topological polar surface area (TPSA) is 54.2 Å². The fourth-order valence-electron chi connectivity index (χ4n) is 1.80. The van der Waals surface area contributed by atoms with Gasteiger partial charge in [-0.25, -0.2) is 0 Å². The van der Waals surface area contributed by atoms with E-state index in [1.807, 2.05) is 0 Å². The molecular weight excluding hydrogens is 220 g/mol. The Balaban J connectivity index is 1.84. The molecule has 0 aromatic carbocycles. The number of nitrogens with one attached hydrogen (secondary N) is 1. The normalized spacial score (nSPS) is 15.7. The van der Waals surface area contributed by atoms with Crippen molar-refractivity contribution in [3.8, 4) is 0 Å². The Morgan fingerprint density at radius 3 is 2.88 bits per heavy atom. The molecular formula is C11H20N4S. The van der Waals surface area contributed by atoms with Crippen LogP contribution in [-0.2, 0) is 0 Å². The van der Waals surface area contributed by atoms with Crippen molar-refractivity contribution in [2.45, 2.75) is 25.2 Å². The van der Waals surface area contributed by atoms with Gasteiger partial charge in [-0.2, -0.15) is 4.37 Å². The average molecular weight is 240 g/mol. The highest BCUT2D eigenvalue weighted by atomic mass is 32.1. The third kappa shape index (κ3) is 2.86. The summed E-state index contributed by atoms with van der Waals surface area (Å²) in [5, 5.41) is 4.65. The van der Waals surface area contributed by atoms with Crippen LogP contribution >= 0.6 is 11.5 Å². The maximum absolute atomic E-state index is 5.89. The lowest BCUT2D eigenvalue weighted by Crippen LogP contribution is -2.16. The highest BCUT2D eigenvalue weighted by Crippen LogP contribution is 2.47. The smallest absolute Gasteiger partial charge is 0.142 e. The zero-order valence-corrected chi connectivity index (χ0v) is 10.8. The van der Waals surface area contributed by atoms with Gasteiger partial charge in [0, 0.05) is 12.1 Å². The Morgan fingerprint density at radius 2 is 2.25 bits per heavy atom. The molecule has 5 heteroatoms. The lowest BCUT2D eigenvalue weighted by Gasteiger charge is -2.10. The van der Waals surface area contributed by atoms with Gasteiger partial charge in [-0.15, -0.1) is 0 Å². The van der Waals surface area contributed by atoms with E-state index in [-0.39, 0.29) is 0 Å². The third-order valence-electron chi connectivity index (χ3n) is 2.81. The van der Waals surface area contributed by atoms with Crippen molar-refractivity contribution in [1.82, 2.24) is 9.27 Å². The number of nitrogens with two attached hydrogens (primary N) is 1. The first-order valence-electron chi connectivity index (χ1n) is 5.82. The minimum absolute atomic E-state index is 0.676. The molecule has 0 radical (unpaired) electrons. The van der Waals surface area contributed by atoms with Gasteiger partial charge in [-0.05, 0) is 57.4 Å². The van der Waals surface area contributed by atoms with E-state index >= 15 is 0 Å². The molecule has 1 heterocycles. The van der Waals surface area contributed by atoms with Gasteiger partial charge in [0.2, 0.25) is 0 Å². The van der Waals surface area contributed by atoms with Crippen LogP contribution in [0.3, 0.4) is 0 Å². The molecule has 0 saturated heterocycles. The Hall–Kier alpha value is -0.810. The third-order valence-corrected chi connectivity index (χ3v) is 3.64. The molecule has 0 amide bonds.